The zero-order chi connectivity index (χ0) is 10.5. The van der Waals surface area contributed by atoms with Gasteiger partial charge in [0.15, 0.2) is 0 Å². The molecule has 0 amide bonds. The van der Waals surface area contributed by atoms with Gasteiger partial charge in [0.1, 0.15) is 0 Å². The molecule has 1 aliphatic rings. The second-order valence-electron chi connectivity index (χ2n) is 4.09. The first kappa shape index (κ1) is 10.5. The highest BCUT2D eigenvalue weighted by Crippen LogP contribution is 2.19. The number of ether oxygens (including phenoxy) is 1. The summed E-state index contributed by atoms with van der Waals surface area (Å²) in [5.74, 6) is 0.820. The summed E-state index contributed by atoms with van der Waals surface area (Å²) in [6.07, 6.45) is 7.55. The first-order chi connectivity index (χ1) is 7.38. The van der Waals surface area contributed by atoms with Crippen molar-refractivity contribution in [2.45, 2.75) is 25.8 Å². The summed E-state index contributed by atoms with van der Waals surface area (Å²) in [7, 11) is 1.92. The van der Waals surface area contributed by atoms with Gasteiger partial charge in [-0.25, -0.2) is 0 Å². The van der Waals surface area contributed by atoms with Gasteiger partial charge in [0.25, 0.3) is 0 Å². The molecule has 0 aliphatic carbocycles. The Bertz CT molecular complexity index is 292. The normalized spacial score (nSPS) is 17.9. The minimum atomic E-state index is 0.820. The standard InChI is InChI=1S/C11H19N3O/c1-12-11-8-13-14(9-11)5-2-10-3-6-15-7-4-10/h8-10,12H,2-7H2,1H3. The van der Waals surface area contributed by atoms with Crippen molar-refractivity contribution >= 4 is 5.69 Å². The third kappa shape index (κ3) is 2.96. The van der Waals surface area contributed by atoms with Gasteiger partial charge in [-0.05, 0) is 25.2 Å². The van der Waals surface area contributed by atoms with E-state index >= 15 is 0 Å². The fourth-order valence-electron chi connectivity index (χ4n) is 1.96. The van der Waals surface area contributed by atoms with E-state index < -0.39 is 0 Å². The topological polar surface area (TPSA) is 39.1 Å². The molecule has 1 aliphatic heterocycles. The van der Waals surface area contributed by atoms with E-state index in [9.17, 15) is 0 Å². The van der Waals surface area contributed by atoms with Gasteiger partial charge in [-0.15, -0.1) is 0 Å². The van der Waals surface area contributed by atoms with Crippen LogP contribution < -0.4 is 5.32 Å². The Morgan fingerprint density at radius 1 is 1.53 bits per heavy atom. The van der Waals surface area contributed by atoms with Gasteiger partial charge >= 0.3 is 0 Å². The molecule has 1 N–H and O–H groups in total. The summed E-state index contributed by atoms with van der Waals surface area (Å²) < 4.78 is 7.36. The zero-order valence-electron chi connectivity index (χ0n) is 9.28. The maximum Gasteiger partial charge on any atom is 0.0723 e. The molecule has 0 spiro atoms. The van der Waals surface area contributed by atoms with Gasteiger partial charge in [0, 0.05) is 33.0 Å². The van der Waals surface area contributed by atoms with Crippen LogP contribution in [0.2, 0.25) is 0 Å². The highest BCUT2D eigenvalue weighted by Gasteiger charge is 2.13. The molecule has 15 heavy (non-hydrogen) atoms. The number of hydrogen-bond donors (Lipinski definition) is 1. The predicted octanol–water partition coefficient (Wildman–Crippen LogP) is 1.74. The fourth-order valence-corrected chi connectivity index (χ4v) is 1.96. The van der Waals surface area contributed by atoms with Crippen molar-refractivity contribution in [2.24, 2.45) is 5.92 Å². The van der Waals surface area contributed by atoms with Crippen molar-refractivity contribution in [2.75, 3.05) is 25.6 Å². The molecule has 1 saturated heterocycles. The number of nitrogens with zero attached hydrogens (tertiary/aromatic N) is 2. The molecule has 1 fully saturated rings. The molecule has 0 aromatic carbocycles. The van der Waals surface area contributed by atoms with Crippen molar-refractivity contribution in [3.8, 4) is 0 Å². The number of hydrogen-bond acceptors (Lipinski definition) is 3. The van der Waals surface area contributed by atoms with Crippen molar-refractivity contribution in [1.82, 2.24) is 9.78 Å². The van der Waals surface area contributed by atoms with E-state index in [2.05, 4.69) is 16.6 Å². The average Bonchev–Trinajstić information content (AvgIpc) is 2.76. The Labute approximate surface area is 90.6 Å². The van der Waals surface area contributed by atoms with Crippen molar-refractivity contribution in [1.29, 1.82) is 0 Å². The maximum absolute atomic E-state index is 5.34. The molecule has 0 bridgehead atoms. The van der Waals surface area contributed by atoms with Crippen LogP contribution in [0.3, 0.4) is 0 Å². The minimum Gasteiger partial charge on any atom is -0.386 e. The van der Waals surface area contributed by atoms with Crippen LogP contribution >= 0.6 is 0 Å². The summed E-state index contributed by atoms with van der Waals surface area (Å²) in [6.45, 7) is 2.89. The molecule has 4 nitrogen and oxygen atoms in total. The van der Waals surface area contributed by atoms with Crippen LogP contribution in [-0.2, 0) is 11.3 Å². The SMILES string of the molecule is CNc1cnn(CCC2CCOCC2)c1. The minimum absolute atomic E-state index is 0.820. The predicted molar refractivity (Wildman–Crippen MR) is 59.9 cm³/mol. The molecule has 0 radical (unpaired) electrons. The first-order valence-electron chi connectivity index (χ1n) is 5.66. The van der Waals surface area contributed by atoms with Crippen LogP contribution in [0.4, 0.5) is 5.69 Å². The monoisotopic (exact) mass is 209 g/mol. The van der Waals surface area contributed by atoms with Gasteiger partial charge in [0.2, 0.25) is 0 Å². The Balaban J connectivity index is 1.76. The van der Waals surface area contributed by atoms with Gasteiger partial charge < -0.3 is 10.1 Å². The van der Waals surface area contributed by atoms with Crippen LogP contribution in [-0.4, -0.2) is 30.0 Å². The number of rotatable bonds is 4. The van der Waals surface area contributed by atoms with Gasteiger partial charge in [-0.3, -0.25) is 4.68 Å². The Hall–Kier alpha value is -1.03. The quantitative estimate of drug-likeness (QED) is 0.821. The summed E-state index contributed by atoms with van der Waals surface area (Å²) in [5, 5.41) is 7.38. The van der Waals surface area contributed by atoms with Crippen molar-refractivity contribution < 1.29 is 4.74 Å². The van der Waals surface area contributed by atoms with Crippen molar-refractivity contribution in [3.63, 3.8) is 0 Å². The molecule has 0 atom stereocenters. The molecule has 4 heteroatoms. The molecular weight excluding hydrogens is 190 g/mol. The van der Waals surface area contributed by atoms with E-state index in [-0.39, 0.29) is 0 Å². The highest BCUT2D eigenvalue weighted by atomic mass is 16.5. The second kappa shape index (κ2) is 5.16. The molecule has 2 rings (SSSR count). The smallest absolute Gasteiger partial charge is 0.0723 e. The lowest BCUT2D eigenvalue weighted by Gasteiger charge is -2.21. The van der Waals surface area contributed by atoms with E-state index in [1.165, 1.54) is 19.3 Å². The summed E-state index contributed by atoms with van der Waals surface area (Å²) in [5.41, 5.74) is 1.09. The third-order valence-electron chi connectivity index (χ3n) is 3.03. The van der Waals surface area contributed by atoms with E-state index in [1.54, 1.807) is 0 Å². The summed E-state index contributed by atoms with van der Waals surface area (Å²) >= 11 is 0. The molecule has 0 unspecified atom stereocenters. The van der Waals surface area contributed by atoms with E-state index in [0.29, 0.717) is 0 Å². The lowest BCUT2D eigenvalue weighted by molar-refractivity contribution is 0.0623. The molecule has 2 heterocycles. The van der Waals surface area contributed by atoms with Crippen molar-refractivity contribution in [3.05, 3.63) is 12.4 Å². The van der Waals surface area contributed by atoms with Crippen LogP contribution in [0.5, 0.6) is 0 Å². The third-order valence-corrected chi connectivity index (χ3v) is 3.03. The molecule has 0 saturated carbocycles. The highest BCUT2D eigenvalue weighted by molar-refractivity contribution is 5.36. The molecule has 1 aromatic rings. The van der Waals surface area contributed by atoms with Gasteiger partial charge in [-0.2, -0.15) is 5.10 Å². The molecule has 1 aromatic heterocycles. The van der Waals surface area contributed by atoms with Crippen LogP contribution in [0, 0.1) is 5.92 Å². The van der Waals surface area contributed by atoms with E-state index in [1.807, 2.05) is 17.9 Å². The Morgan fingerprint density at radius 3 is 3.00 bits per heavy atom. The van der Waals surface area contributed by atoms with E-state index in [4.69, 9.17) is 4.74 Å². The molecule has 84 valence electrons. The summed E-state index contributed by atoms with van der Waals surface area (Å²) in [4.78, 5) is 0. The maximum atomic E-state index is 5.34. The zero-order valence-corrected chi connectivity index (χ0v) is 9.28. The number of aromatic nitrogens is 2. The van der Waals surface area contributed by atoms with Crippen LogP contribution in [0.1, 0.15) is 19.3 Å². The lowest BCUT2D eigenvalue weighted by atomic mass is 9.97. The van der Waals surface area contributed by atoms with Crippen LogP contribution in [0.25, 0.3) is 0 Å². The fraction of sp³-hybridized carbons (Fsp3) is 0.727. The average molecular weight is 209 g/mol. The first-order valence-corrected chi connectivity index (χ1v) is 5.66. The summed E-state index contributed by atoms with van der Waals surface area (Å²) in [6, 6.07) is 0. The number of anilines is 1. The molecular formula is C11H19N3O. The largest absolute Gasteiger partial charge is 0.386 e. The van der Waals surface area contributed by atoms with Crippen LogP contribution in [0.15, 0.2) is 12.4 Å². The lowest BCUT2D eigenvalue weighted by Crippen LogP contribution is -2.17. The van der Waals surface area contributed by atoms with Gasteiger partial charge in [0.05, 0.1) is 11.9 Å². The Kier molecular flexibility index (Phi) is 3.61. The second-order valence-corrected chi connectivity index (χ2v) is 4.09. The van der Waals surface area contributed by atoms with E-state index in [0.717, 1.165) is 31.4 Å². The number of nitrogens with one attached hydrogen (secondary N) is 1. The number of aryl methyl sites for hydroxylation is 1. The Morgan fingerprint density at radius 2 is 2.33 bits per heavy atom. The van der Waals surface area contributed by atoms with Gasteiger partial charge in [-0.1, -0.05) is 0 Å².